The van der Waals surface area contributed by atoms with Gasteiger partial charge in [0.2, 0.25) is 0 Å². The summed E-state index contributed by atoms with van der Waals surface area (Å²) in [6, 6.07) is 19.5. The van der Waals surface area contributed by atoms with Crippen LogP contribution in [0.4, 0.5) is 4.39 Å². The van der Waals surface area contributed by atoms with Crippen LogP contribution in [0.5, 0.6) is 11.5 Å². The van der Waals surface area contributed by atoms with Crippen LogP contribution in [-0.4, -0.2) is 23.2 Å². The maximum atomic E-state index is 14.0. The summed E-state index contributed by atoms with van der Waals surface area (Å²) >= 11 is 0. The van der Waals surface area contributed by atoms with Crippen LogP contribution in [0.25, 0.3) is 6.08 Å². The molecule has 0 fully saturated rings. The molecule has 0 aliphatic heterocycles. The summed E-state index contributed by atoms with van der Waals surface area (Å²) in [5, 5.41) is 12.4. The molecule has 0 spiro atoms. The molecule has 3 rings (SSSR count). The fraction of sp³-hybridized carbons (Fsp3) is 0. The molecule has 0 aliphatic carbocycles. The Morgan fingerprint density at radius 1 is 0.968 bits per heavy atom. The fourth-order valence-corrected chi connectivity index (χ4v) is 2.52. The minimum Gasteiger partial charge on any atom is -0.454 e. The first kappa shape index (κ1) is 21.4. The molecule has 0 aromatic heterocycles. The normalized spacial score (nSPS) is 10.9. The third kappa shape index (κ3) is 6.34. The van der Waals surface area contributed by atoms with E-state index in [0.29, 0.717) is 22.4 Å². The first-order valence-corrected chi connectivity index (χ1v) is 9.13. The zero-order valence-electron chi connectivity index (χ0n) is 16.2. The van der Waals surface area contributed by atoms with E-state index < -0.39 is 17.6 Å². The van der Waals surface area contributed by atoms with Crippen molar-refractivity contribution < 1.29 is 23.9 Å². The highest BCUT2D eigenvalue weighted by molar-refractivity contribution is 5.96. The summed E-state index contributed by atoms with van der Waals surface area (Å²) in [5.41, 5.74) is 5.29. The van der Waals surface area contributed by atoms with Crippen molar-refractivity contribution in [2.75, 3.05) is 0 Å². The molecule has 7 nitrogen and oxygen atoms in total. The zero-order valence-corrected chi connectivity index (χ0v) is 16.2. The predicted molar refractivity (Wildman–Crippen MR) is 113 cm³/mol. The minimum absolute atomic E-state index is 0.0351. The summed E-state index contributed by atoms with van der Waals surface area (Å²) in [4.78, 5) is 23.3. The maximum Gasteiger partial charge on any atom is 0.271 e. The lowest BCUT2D eigenvalue weighted by atomic mass is 10.1. The first-order valence-electron chi connectivity index (χ1n) is 9.13. The van der Waals surface area contributed by atoms with E-state index in [4.69, 9.17) is 9.94 Å². The Balaban J connectivity index is 1.65. The van der Waals surface area contributed by atoms with Crippen molar-refractivity contribution in [3.05, 3.63) is 101 Å². The second kappa shape index (κ2) is 10.5. The Morgan fingerprint density at radius 3 is 2.55 bits per heavy atom. The lowest BCUT2D eigenvalue weighted by Gasteiger charge is -2.07. The standard InChI is InChI=1S/C23H18FN3O4/c24-20-11-9-17(14-21(20)31-19-7-2-1-3-8-19)15-25-26-23(29)18-6-4-5-16(13-18)10-12-22(28)27-30/h1-15,30H,(H,26,29)(H,27,28). The number of hydrogen-bond donors (Lipinski definition) is 3. The molecule has 0 unspecified atom stereocenters. The average Bonchev–Trinajstić information content (AvgIpc) is 2.80. The summed E-state index contributed by atoms with van der Waals surface area (Å²) in [6.45, 7) is 0. The van der Waals surface area contributed by atoms with E-state index in [1.807, 2.05) is 6.07 Å². The maximum absolute atomic E-state index is 14.0. The van der Waals surface area contributed by atoms with Crippen molar-refractivity contribution in [1.29, 1.82) is 0 Å². The second-order valence-corrected chi connectivity index (χ2v) is 6.24. The highest BCUT2D eigenvalue weighted by Gasteiger charge is 2.07. The van der Waals surface area contributed by atoms with Crippen molar-refractivity contribution in [1.82, 2.24) is 10.9 Å². The third-order valence-electron chi connectivity index (χ3n) is 3.99. The number of ether oxygens (including phenoxy) is 1. The molecular weight excluding hydrogens is 401 g/mol. The molecule has 2 amide bonds. The van der Waals surface area contributed by atoms with Gasteiger partial charge in [-0.3, -0.25) is 14.8 Å². The van der Waals surface area contributed by atoms with Crippen molar-refractivity contribution in [2.45, 2.75) is 0 Å². The molecule has 0 bridgehead atoms. The highest BCUT2D eigenvalue weighted by Crippen LogP contribution is 2.24. The molecule has 3 aromatic carbocycles. The van der Waals surface area contributed by atoms with Gasteiger partial charge in [-0.1, -0.05) is 36.4 Å². The van der Waals surface area contributed by atoms with E-state index in [9.17, 15) is 14.0 Å². The van der Waals surface area contributed by atoms with Crippen molar-refractivity contribution in [3.63, 3.8) is 0 Å². The van der Waals surface area contributed by atoms with Crippen LogP contribution in [0.15, 0.2) is 84.0 Å². The van der Waals surface area contributed by atoms with E-state index in [-0.39, 0.29) is 5.75 Å². The van der Waals surface area contributed by atoms with Crippen molar-refractivity contribution in [3.8, 4) is 11.5 Å². The Bertz CT molecular complexity index is 1130. The number of hydrogen-bond acceptors (Lipinski definition) is 5. The Hall–Kier alpha value is -4.30. The van der Waals surface area contributed by atoms with E-state index >= 15 is 0 Å². The van der Waals surface area contributed by atoms with E-state index in [1.54, 1.807) is 48.5 Å². The molecule has 156 valence electrons. The van der Waals surface area contributed by atoms with Gasteiger partial charge in [0.05, 0.1) is 6.21 Å². The molecule has 0 atom stereocenters. The quantitative estimate of drug-likeness (QED) is 0.234. The summed E-state index contributed by atoms with van der Waals surface area (Å²) in [5.74, 6) is -1.15. The topological polar surface area (TPSA) is 100 Å². The fourth-order valence-electron chi connectivity index (χ4n) is 2.52. The van der Waals surface area contributed by atoms with Crippen LogP contribution < -0.4 is 15.6 Å². The van der Waals surface area contributed by atoms with Gasteiger partial charge in [-0.15, -0.1) is 0 Å². The van der Waals surface area contributed by atoms with E-state index in [1.165, 1.54) is 36.0 Å². The molecule has 0 saturated heterocycles. The number of benzene rings is 3. The summed E-state index contributed by atoms with van der Waals surface area (Å²) < 4.78 is 19.5. The van der Waals surface area contributed by atoms with Gasteiger partial charge in [0.1, 0.15) is 5.75 Å². The number of nitrogens with zero attached hydrogens (tertiary/aromatic N) is 1. The number of para-hydroxylation sites is 1. The molecule has 0 aliphatic rings. The molecule has 31 heavy (non-hydrogen) atoms. The predicted octanol–water partition coefficient (Wildman–Crippen LogP) is 3.90. The van der Waals surface area contributed by atoms with E-state index in [2.05, 4.69) is 10.5 Å². The van der Waals surface area contributed by atoms with Gasteiger partial charge in [0, 0.05) is 11.6 Å². The van der Waals surface area contributed by atoms with Gasteiger partial charge in [-0.2, -0.15) is 5.10 Å². The van der Waals surface area contributed by atoms with Crippen LogP contribution in [-0.2, 0) is 4.79 Å². The smallest absolute Gasteiger partial charge is 0.271 e. The molecule has 8 heteroatoms. The Kier molecular flexibility index (Phi) is 7.23. The monoisotopic (exact) mass is 419 g/mol. The van der Waals surface area contributed by atoms with Crippen molar-refractivity contribution >= 4 is 24.1 Å². The molecule has 0 heterocycles. The number of rotatable bonds is 7. The number of amides is 2. The van der Waals surface area contributed by atoms with Gasteiger partial charge in [-0.05, 0) is 53.6 Å². The molecule has 0 radical (unpaired) electrons. The zero-order chi connectivity index (χ0) is 22.1. The largest absolute Gasteiger partial charge is 0.454 e. The van der Waals surface area contributed by atoms with E-state index in [0.717, 1.165) is 6.08 Å². The van der Waals surface area contributed by atoms with Gasteiger partial charge in [0.25, 0.3) is 11.8 Å². The van der Waals surface area contributed by atoms with Crippen LogP contribution in [0.2, 0.25) is 0 Å². The number of hydroxylamine groups is 1. The Labute approximate surface area is 177 Å². The van der Waals surface area contributed by atoms with Gasteiger partial charge in [-0.25, -0.2) is 15.3 Å². The average molecular weight is 419 g/mol. The number of hydrazone groups is 1. The van der Waals surface area contributed by atoms with Gasteiger partial charge < -0.3 is 4.74 Å². The van der Waals surface area contributed by atoms with Crippen LogP contribution >= 0.6 is 0 Å². The molecule has 0 saturated carbocycles. The summed E-state index contributed by atoms with van der Waals surface area (Å²) in [7, 11) is 0. The van der Waals surface area contributed by atoms with Gasteiger partial charge >= 0.3 is 0 Å². The lowest BCUT2D eigenvalue weighted by Crippen LogP contribution is -2.17. The van der Waals surface area contributed by atoms with Gasteiger partial charge in [0.15, 0.2) is 11.6 Å². The molecule has 3 N–H and O–H groups in total. The Morgan fingerprint density at radius 2 is 1.77 bits per heavy atom. The SMILES string of the molecule is O=C(C=Cc1cccc(C(=O)NN=Cc2ccc(F)c(Oc3ccccc3)c2)c1)NO. The number of carbonyl (C=O) groups is 2. The van der Waals surface area contributed by atoms with Crippen LogP contribution in [0.1, 0.15) is 21.5 Å². The summed E-state index contributed by atoms with van der Waals surface area (Å²) in [6.07, 6.45) is 3.93. The lowest BCUT2D eigenvalue weighted by molar-refractivity contribution is -0.124. The number of halogens is 1. The molecular formula is C23H18FN3O4. The van der Waals surface area contributed by atoms with Crippen LogP contribution in [0, 0.1) is 5.82 Å². The number of nitrogens with one attached hydrogen (secondary N) is 2. The number of carbonyl (C=O) groups excluding carboxylic acids is 2. The molecule has 3 aromatic rings. The second-order valence-electron chi connectivity index (χ2n) is 6.24. The minimum atomic E-state index is -0.686. The van der Waals surface area contributed by atoms with Crippen molar-refractivity contribution in [2.24, 2.45) is 5.10 Å². The first-order chi connectivity index (χ1) is 15.0. The van der Waals surface area contributed by atoms with Crippen LogP contribution in [0.3, 0.4) is 0 Å². The highest BCUT2D eigenvalue weighted by atomic mass is 19.1. The third-order valence-corrected chi connectivity index (χ3v) is 3.99.